The molecule has 0 atom stereocenters. The average molecular weight is 166 g/mol. The molecule has 0 fully saturated rings. The predicted molar refractivity (Wildman–Crippen MR) is 54.0 cm³/mol. The average Bonchev–Trinajstić information content (AvgIpc) is 2.11. The first-order valence-corrected chi connectivity index (χ1v) is 4.36. The fourth-order valence-corrected chi connectivity index (χ4v) is 1.05. The minimum atomic E-state index is 0.972. The van der Waals surface area contributed by atoms with E-state index in [1.165, 1.54) is 5.57 Å². The topological polar surface area (TPSA) is 9.23 Å². The lowest BCUT2D eigenvalue weighted by Gasteiger charge is -2.07. The lowest BCUT2D eigenvalue weighted by atomic mass is 10.1. The van der Waals surface area contributed by atoms with E-state index in [4.69, 9.17) is 4.74 Å². The second kappa shape index (κ2) is 6.71. The summed E-state index contributed by atoms with van der Waals surface area (Å²) in [6.07, 6.45) is 7.84. The minimum Gasteiger partial charge on any atom is -0.497 e. The van der Waals surface area contributed by atoms with Crippen molar-refractivity contribution in [3.8, 4) is 0 Å². The van der Waals surface area contributed by atoms with E-state index in [0.29, 0.717) is 0 Å². The van der Waals surface area contributed by atoms with Crippen molar-refractivity contribution in [1.29, 1.82) is 0 Å². The Bertz CT molecular complexity index is 187. The quantitative estimate of drug-likeness (QED) is 0.449. The van der Waals surface area contributed by atoms with Crippen LogP contribution < -0.4 is 0 Å². The molecule has 1 nitrogen and oxygen atoms in total. The SMILES string of the molecule is C=C/C=C(CC)\C(=C/CC)OC. The first-order chi connectivity index (χ1) is 5.79. The summed E-state index contributed by atoms with van der Waals surface area (Å²) < 4.78 is 5.24. The van der Waals surface area contributed by atoms with E-state index in [-0.39, 0.29) is 0 Å². The van der Waals surface area contributed by atoms with Gasteiger partial charge in [-0.3, -0.25) is 0 Å². The van der Waals surface area contributed by atoms with Gasteiger partial charge in [0, 0.05) is 0 Å². The monoisotopic (exact) mass is 166 g/mol. The van der Waals surface area contributed by atoms with Crippen molar-refractivity contribution in [3.05, 3.63) is 36.1 Å². The molecule has 0 saturated heterocycles. The molecule has 0 aliphatic heterocycles. The molecular weight excluding hydrogens is 148 g/mol. The van der Waals surface area contributed by atoms with E-state index in [1.807, 2.05) is 6.08 Å². The van der Waals surface area contributed by atoms with Crippen LogP contribution in [0.2, 0.25) is 0 Å². The van der Waals surface area contributed by atoms with Crippen molar-refractivity contribution in [2.75, 3.05) is 7.11 Å². The summed E-state index contributed by atoms with van der Waals surface area (Å²) in [4.78, 5) is 0. The van der Waals surface area contributed by atoms with Crippen molar-refractivity contribution in [3.63, 3.8) is 0 Å². The largest absolute Gasteiger partial charge is 0.497 e. The van der Waals surface area contributed by atoms with Crippen LogP contribution in [0.15, 0.2) is 36.1 Å². The summed E-state index contributed by atoms with van der Waals surface area (Å²) in [7, 11) is 1.70. The van der Waals surface area contributed by atoms with Gasteiger partial charge in [0.25, 0.3) is 0 Å². The van der Waals surface area contributed by atoms with E-state index in [2.05, 4.69) is 26.5 Å². The molecule has 12 heavy (non-hydrogen) atoms. The summed E-state index contributed by atoms with van der Waals surface area (Å²) in [5.74, 6) is 0.972. The van der Waals surface area contributed by atoms with Gasteiger partial charge in [-0.05, 0) is 24.5 Å². The third kappa shape index (κ3) is 3.42. The van der Waals surface area contributed by atoms with Crippen molar-refractivity contribution < 1.29 is 4.74 Å². The number of methoxy groups -OCH3 is 1. The molecule has 0 spiro atoms. The highest BCUT2D eigenvalue weighted by molar-refractivity contribution is 5.28. The second-order valence-electron chi connectivity index (χ2n) is 2.46. The maximum atomic E-state index is 5.24. The smallest absolute Gasteiger partial charge is 0.118 e. The first kappa shape index (κ1) is 11.0. The number of hydrogen-bond acceptors (Lipinski definition) is 1. The van der Waals surface area contributed by atoms with Crippen LogP contribution >= 0.6 is 0 Å². The summed E-state index contributed by atoms with van der Waals surface area (Å²) >= 11 is 0. The first-order valence-electron chi connectivity index (χ1n) is 4.36. The molecule has 0 bridgehead atoms. The molecule has 0 aromatic carbocycles. The van der Waals surface area contributed by atoms with Gasteiger partial charge in [-0.25, -0.2) is 0 Å². The molecule has 0 unspecified atom stereocenters. The van der Waals surface area contributed by atoms with Crippen LogP contribution in [0.25, 0.3) is 0 Å². The third-order valence-corrected chi connectivity index (χ3v) is 1.63. The lowest BCUT2D eigenvalue weighted by molar-refractivity contribution is 0.297. The minimum absolute atomic E-state index is 0.972. The second-order valence-corrected chi connectivity index (χ2v) is 2.46. The molecular formula is C11H18O. The van der Waals surface area contributed by atoms with E-state index >= 15 is 0 Å². The predicted octanol–water partition coefficient (Wildman–Crippen LogP) is 3.45. The standard InChI is InChI=1S/C11H18O/c1-5-8-10(7-3)11(12-4)9-6-2/h5,8-9H,1,6-7H2,2-4H3/b10-8-,11-9+. The Morgan fingerprint density at radius 3 is 2.42 bits per heavy atom. The summed E-state index contributed by atoms with van der Waals surface area (Å²) in [5, 5.41) is 0. The Kier molecular flexibility index (Phi) is 6.16. The maximum absolute atomic E-state index is 5.24. The van der Waals surface area contributed by atoms with Gasteiger partial charge in [0.05, 0.1) is 7.11 Å². The molecule has 0 aliphatic carbocycles. The molecule has 0 amide bonds. The van der Waals surface area contributed by atoms with Gasteiger partial charge in [0.2, 0.25) is 0 Å². The highest BCUT2D eigenvalue weighted by atomic mass is 16.5. The Morgan fingerprint density at radius 1 is 1.42 bits per heavy atom. The van der Waals surface area contributed by atoms with E-state index in [1.54, 1.807) is 13.2 Å². The number of allylic oxidation sites excluding steroid dienone is 4. The van der Waals surface area contributed by atoms with Gasteiger partial charge in [-0.15, -0.1) is 0 Å². The molecule has 0 N–H and O–H groups in total. The van der Waals surface area contributed by atoms with Gasteiger partial charge >= 0.3 is 0 Å². The van der Waals surface area contributed by atoms with E-state index < -0.39 is 0 Å². The zero-order valence-corrected chi connectivity index (χ0v) is 8.26. The van der Waals surface area contributed by atoms with E-state index in [9.17, 15) is 0 Å². The van der Waals surface area contributed by atoms with Crippen LogP contribution in [0.1, 0.15) is 26.7 Å². The Morgan fingerprint density at radius 2 is 2.08 bits per heavy atom. The normalized spacial score (nSPS) is 12.9. The van der Waals surface area contributed by atoms with Crippen LogP contribution in [0.4, 0.5) is 0 Å². The van der Waals surface area contributed by atoms with Gasteiger partial charge in [0.15, 0.2) is 0 Å². The maximum Gasteiger partial charge on any atom is 0.118 e. The third-order valence-electron chi connectivity index (χ3n) is 1.63. The van der Waals surface area contributed by atoms with Crippen LogP contribution in [-0.4, -0.2) is 7.11 Å². The van der Waals surface area contributed by atoms with Crippen LogP contribution in [-0.2, 0) is 4.74 Å². The summed E-state index contributed by atoms with van der Waals surface area (Å²) in [6.45, 7) is 7.87. The van der Waals surface area contributed by atoms with Crippen molar-refractivity contribution in [2.24, 2.45) is 0 Å². The summed E-state index contributed by atoms with van der Waals surface area (Å²) in [6, 6.07) is 0. The van der Waals surface area contributed by atoms with Crippen molar-refractivity contribution in [2.45, 2.75) is 26.7 Å². The zero-order valence-electron chi connectivity index (χ0n) is 8.26. The number of rotatable bonds is 5. The van der Waals surface area contributed by atoms with Gasteiger partial charge in [-0.2, -0.15) is 0 Å². The number of hydrogen-bond donors (Lipinski definition) is 0. The van der Waals surface area contributed by atoms with E-state index in [0.717, 1.165) is 18.6 Å². The van der Waals surface area contributed by atoms with Gasteiger partial charge in [0.1, 0.15) is 5.76 Å². The molecule has 0 radical (unpaired) electrons. The fourth-order valence-electron chi connectivity index (χ4n) is 1.05. The molecule has 0 heterocycles. The van der Waals surface area contributed by atoms with Gasteiger partial charge < -0.3 is 4.74 Å². The summed E-state index contributed by atoms with van der Waals surface area (Å²) in [5.41, 5.74) is 1.20. The molecule has 0 aromatic rings. The lowest BCUT2D eigenvalue weighted by Crippen LogP contribution is -1.91. The molecule has 0 saturated carbocycles. The molecule has 0 rings (SSSR count). The molecule has 0 aliphatic rings. The Labute approximate surface area is 75.4 Å². The highest BCUT2D eigenvalue weighted by Crippen LogP contribution is 2.15. The van der Waals surface area contributed by atoms with Crippen molar-refractivity contribution in [1.82, 2.24) is 0 Å². The van der Waals surface area contributed by atoms with Crippen LogP contribution in [0.5, 0.6) is 0 Å². The van der Waals surface area contributed by atoms with Crippen LogP contribution in [0, 0.1) is 0 Å². The van der Waals surface area contributed by atoms with Gasteiger partial charge in [-0.1, -0.05) is 32.6 Å². The molecule has 0 aromatic heterocycles. The zero-order chi connectivity index (χ0) is 9.40. The Balaban J connectivity index is 4.55. The Hall–Kier alpha value is -0.980. The fraction of sp³-hybridized carbons (Fsp3) is 0.455. The van der Waals surface area contributed by atoms with Crippen LogP contribution in [0.3, 0.4) is 0 Å². The highest BCUT2D eigenvalue weighted by Gasteiger charge is 1.99. The van der Waals surface area contributed by atoms with Crippen molar-refractivity contribution >= 4 is 0 Å². The molecule has 68 valence electrons. The molecule has 1 heteroatoms. The number of ether oxygens (including phenoxy) is 1.